The SMILES string of the molecule is CNc1cc([C@H]2CCCN2c2ccnc(C)n2)ccn1. The van der Waals surface area contributed by atoms with Crippen LogP contribution in [-0.2, 0) is 0 Å². The molecule has 1 fully saturated rings. The molecule has 5 nitrogen and oxygen atoms in total. The standard InChI is InChI=1S/C15H19N5/c1-11-17-8-6-15(19-11)20-9-3-4-13(20)12-5-7-18-14(10-12)16-2/h5-8,10,13H,3-4,9H2,1-2H3,(H,16,18)/t13-/m1/s1. The Bertz CT molecular complexity index is 598. The zero-order chi connectivity index (χ0) is 13.9. The maximum Gasteiger partial charge on any atom is 0.132 e. The smallest absolute Gasteiger partial charge is 0.132 e. The number of aryl methyl sites for hydroxylation is 1. The summed E-state index contributed by atoms with van der Waals surface area (Å²) in [6, 6.07) is 6.58. The second-order valence-corrected chi connectivity index (χ2v) is 5.04. The van der Waals surface area contributed by atoms with Crippen LogP contribution in [0.3, 0.4) is 0 Å². The van der Waals surface area contributed by atoms with Gasteiger partial charge in [-0.15, -0.1) is 0 Å². The Morgan fingerprint density at radius 1 is 1.25 bits per heavy atom. The highest BCUT2D eigenvalue weighted by Gasteiger charge is 2.27. The second kappa shape index (κ2) is 5.45. The molecule has 1 saturated heterocycles. The first-order valence-electron chi connectivity index (χ1n) is 6.98. The monoisotopic (exact) mass is 269 g/mol. The third-order valence-electron chi connectivity index (χ3n) is 3.73. The maximum absolute atomic E-state index is 4.56. The molecule has 0 unspecified atom stereocenters. The Labute approximate surface area is 119 Å². The molecule has 3 rings (SSSR count). The summed E-state index contributed by atoms with van der Waals surface area (Å²) in [5.41, 5.74) is 1.29. The fourth-order valence-corrected chi connectivity index (χ4v) is 2.78. The van der Waals surface area contributed by atoms with Crippen molar-refractivity contribution in [1.29, 1.82) is 0 Å². The fourth-order valence-electron chi connectivity index (χ4n) is 2.78. The average Bonchev–Trinajstić information content (AvgIpc) is 2.97. The van der Waals surface area contributed by atoms with Crippen molar-refractivity contribution in [1.82, 2.24) is 15.0 Å². The molecule has 1 atom stereocenters. The number of hydrogen-bond donors (Lipinski definition) is 1. The van der Waals surface area contributed by atoms with Gasteiger partial charge in [0.1, 0.15) is 17.5 Å². The highest BCUT2D eigenvalue weighted by Crippen LogP contribution is 2.35. The van der Waals surface area contributed by atoms with Gasteiger partial charge in [0.25, 0.3) is 0 Å². The van der Waals surface area contributed by atoms with E-state index in [2.05, 4.69) is 37.3 Å². The van der Waals surface area contributed by atoms with E-state index in [9.17, 15) is 0 Å². The predicted octanol–water partition coefficient (Wildman–Crippen LogP) is 2.56. The Hall–Kier alpha value is -2.17. The number of nitrogens with zero attached hydrogens (tertiary/aromatic N) is 4. The molecule has 104 valence electrons. The van der Waals surface area contributed by atoms with E-state index in [1.807, 2.05) is 32.4 Å². The van der Waals surface area contributed by atoms with Crippen LogP contribution in [0.4, 0.5) is 11.6 Å². The maximum atomic E-state index is 4.56. The molecule has 0 bridgehead atoms. The number of pyridine rings is 1. The minimum Gasteiger partial charge on any atom is -0.373 e. The van der Waals surface area contributed by atoms with Crippen molar-refractivity contribution in [3.63, 3.8) is 0 Å². The lowest BCUT2D eigenvalue weighted by Gasteiger charge is -2.26. The van der Waals surface area contributed by atoms with Crippen molar-refractivity contribution in [2.75, 3.05) is 23.8 Å². The molecule has 0 radical (unpaired) electrons. The van der Waals surface area contributed by atoms with Crippen LogP contribution in [0, 0.1) is 6.92 Å². The van der Waals surface area contributed by atoms with Gasteiger partial charge in [-0.3, -0.25) is 0 Å². The minimum atomic E-state index is 0.374. The van der Waals surface area contributed by atoms with Crippen LogP contribution < -0.4 is 10.2 Å². The van der Waals surface area contributed by atoms with E-state index < -0.39 is 0 Å². The number of hydrogen-bond acceptors (Lipinski definition) is 5. The summed E-state index contributed by atoms with van der Waals surface area (Å²) in [4.78, 5) is 15.4. The van der Waals surface area contributed by atoms with Gasteiger partial charge in [-0.25, -0.2) is 15.0 Å². The molecule has 1 N–H and O–H groups in total. The first kappa shape index (κ1) is 12.8. The lowest BCUT2D eigenvalue weighted by molar-refractivity contribution is 0.708. The largest absolute Gasteiger partial charge is 0.373 e. The van der Waals surface area contributed by atoms with Crippen molar-refractivity contribution in [2.24, 2.45) is 0 Å². The Kier molecular flexibility index (Phi) is 3.50. The molecule has 20 heavy (non-hydrogen) atoms. The lowest BCUT2D eigenvalue weighted by atomic mass is 10.1. The molecule has 0 saturated carbocycles. The summed E-state index contributed by atoms with van der Waals surface area (Å²) >= 11 is 0. The van der Waals surface area contributed by atoms with Crippen molar-refractivity contribution < 1.29 is 0 Å². The molecule has 0 aromatic carbocycles. The molecule has 2 aromatic rings. The van der Waals surface area contributed by atoms with Gasteiger partial charge >= 0.3 is 0 Å². The van der Waals surface area contributed by atoms with Gasteiger partial charge in [0.15, 0.2) is 0 Å². The molecule has 0 amide bonds. The van der Waals surface area contributed by atoms with Gasteiger partial charge in [0.05, 0.1) is 6.04 Å². The number of anilines is 2. The molecule has 0 aliphatic carbocycles. The highest BCUT2D eigenvalue weighted by atomic mass is 15.2. The Morgan fingerprint density at radius 3 is 2.90 bits per heavy atom. The second-order valence-electron chi connectivity index (χ2n) is 5.04. The van der Waals surface area contributed by atoms with Gasteiger partial charge in [0, 0.05) is 26.0 Å². The first-order valence-corrected chi connectivity index (χ1v) is 6.98. The van der Waals surface area contributed by atoms with E-state index in [0.29, 0.717) is 6.04 Å². The van der Waals surface area contributed by atoms with Gasteiger partial charge in [0.2, 0.25) is 0 Å². The van der Waals surface area contributed by atoms with Crippen molar-refractivity contribution in [3.8, 4) is 0 Å². The summed E-state index contributed by atoms with van der Waals surface area (Å²) in [5.74, 6) is 2.75. The Balaban J connectivity index is 1.92. The Morgan fingerprint density at radius 2 is 2.10 bits per heavy atom. The lowest BCUT2D eigenvalue weighted by Crippen LogP contribution is -2.24. The van der Waals surface area contributed by atoms with E-state index in [1.54, 1.807) is 0 Å². The average molecular weight is 269 g/mol. The topological polar surface area (TPSA) is 53.9 Å². The summed E-state index contributed by atoms with van der Waals surface area (Å²) in [6.07, 6.45) is 6.03. The van der Waals surface area contributed by atoms with E-state index in [1.165, 1.54) is 12.0 Å². The van der Waals surface area contributed by atoms with Crippen molar-refractivity contribution in [2.45, 2.75) is 25.8 Å². The molecule has 2 aromatic heterocycles. The highest BCUT2D eigenvalue weighted by molar-refractivity contribution is 5.46. The van der Waals surface area contributed by atoms with Gasteiger partial charge < -0.3 is 10.2 Å². The molecule has 1 aliphatic heterocycles. The van der Waals surface area contributed by atoms with Crippen LogP contribution in [0.1, 0.15) is 30.3 Å². The third-order valence-corrected chi connectivity index (χ3v) is 3.73. The predicted molar refractivity (Wildman–Crippen MR) is 79.9 cm³/mol. The summed E-state index contributed by atoms with van der Waals surface area (Å²) in [6.45, 7) is 2.97. The van der Waals surface area contributed by atoms with Gasteiger partial charge in [-0.2, -0.15) is 0 Å². The zero-order valence-electron chi connectivity index (χ0n) is 11.9. The van der Waals surface area contributed by atoms with E-state index >= 15 is 0 Å². The van der Waals surface area contributed by atoms with E-state index in [4.69, 9.17) is 0 Å². The normalized spacial score (nSPS) is 18.3. The van der Waals surface area contributed by atoms with Crippen LogP contribution in [-0.4, -0.2) is 28.5 Å². The molecular weight excluding hydrogens is 250 g/mol. The molecule has 5 heteroatoms. The number of aromatic nitrogens is 3. The number of rotatable bonds is 3. The van der Waals surface area contributed by atoms with Crippen molar-refractivity contribution >= 4 is 11.6 Å². The van der Waals surface area contributed by atoms with E-state index in [-0.39, 0.29) is 0 Å². The fraction of sp³-hybridized carbons (Fsp3) is 0.400. The third kappa shape index (κ3) is 2.43. The first-order chi connectivity index (χ1) is 9.78. The van der Waals surface area contributed by atoms with Gasteiger partial charge in [-0.1, -0.05) is 0 Å². The molecular formula is C15H19N5. The molecule has 0 spiro atoms. The van der Waals surface area contributed by atoms with Crippen LogP contribution in [0.5, 0.6) is 0 Å². The van der Waals surface area contributed by atoms with E-state index in [0.717, 1.165) is 30.4 Å². The summed E-state index contributed by atoms with van der Waals surface area (Å²) < 4.78 is 0. The number of nitrogens with one attached hydrogen (secondary N) is 1. The van der Waals surface area contributed by atoms with Crippen LogP contribution in [0.15, 0.2) is 30.6 Å². The molecule has 3 heterocycles. The zero-order valence-corrected chi connectivity index (χ0v) is 11.9. The van der Waals surface area contributed by atoms with Crippen LogP contribution in [0.2, 0.25) is 0 Å². The summed E-state index contributed by atoms with van der Waals surface area (Å²) in [7, 11) is 1.90. The van der Waals surface area contributed by atoms with Crippen LogP contribution >= 0.6 is 0 Å². The van der Waals surface area contributed by atoms with Crippen molar-refractivity contribution in [3.05, 3.63) is 42.0 Å². The minimum absolute atomic E-state index is 0.374. The quantitative estimate of drug-likeness (QED) is 0.928. The van der Waals surface area contributed by atoms with Gasteiger partial charge in [-0.05, 0) is 43.5 Å². The van der Waals surface area contributed by atoms with Crippen LogP contribution in [0.25, 0.3) is 0 Å². The summed E-state index contributed by atoms with van der Waals surface area (Å²) in [5, 5.41) is 3.10. The molecule has 1 aliphatic rings.